The van der Waals surface area contributed by atoms with Crippen molar-refractivity contribution in [1.29, 1.82) is 0 Å². The molecule has 1 N–H and O–H groups in total. The van der Waals surface area contributed by atoms with Gasteiger partial charge in [-0.25, -0.2) is 4.68 Å². The average molecular weight is 266 g/mol. The third kappa shape index (κ3) is 2.21. The summed E-state index contributed by atoms with van der Waals surface area (Å²) in [5.74, 6) is 1.02. The zero-order valence-electron chi connectivity index (χ0n) is 8.44. The third-order valence-electron chi connectivity index (χ3n) is 2.25. The van der Waals surface area contributed by atoms with E-state index >= 15 is 0 Å². The molecule has 2 rings (SSSR count). The summed E-state index contributed by atoms with van der Waals surface area (Å²) in [5.41, 5.74) is 1.22. The van der Waals surface area contributed by atoms with Gasteiger partial charge in [-0.2, -0.15) is 5.10 Å². The molecule has 1 aromatic carbocycles. The molecule has 78 valence electrons. The molecule has 0 aliphatic rings. The molecule has 0 radical (unpaired) electrons. The molecule has 0 spiro atoms. The second-order valence-electron chi connectivity index (χ2n) is 3.22. The number of anilines is 1. The van der Waals surface area contributed by atoms with E-state index in [0.717, 1.165) is 16.8 Å². The normalized spacial score (nSPS) is 10.3. The van der Waals surface area contributed by atoms with E-state index in [1.807, 2.05) is 36.0 Å². The fraction of sp³-hybridized carbons (Fsp3) is 0.182. The number of benzene rings is 1. The van der Waals surface area contributed by atoms with Crippen LogP contribution < -0.4 is 5.32 Å². The Hall–Kier alpha value is -1.29. The van der Waals surface area contributed by atoms with Gasteiger partial charge in [0.25, 0.3) is 0 Å². The first-order valence-electron chi connectivity index (χ1n) is 4.74. The van der Waals surface area contributed by atoms with Crippen molar-refractivity contribution in [3.8, 4) is 0 Å². The number of halogens is 1. The average Bonchev–Trinajstić information content (AvgIpc) is 2.69. The summed E-state index contributed by atoms with van der Waals surface area (Å²) >= 11 is 3.53. The molecule has 0 aliphatic carbocycles. The van der Waals surface area contributed by atoms with E-state index < -0.39 is 0 Å². The number of hydrogen-bond donors (Lipinski definition) is 1. The van der Waals surface area contributed by atoms with Crippen molar-refractivity contribution in [2.45, 2.75) is 6.54 Å². The van der Waals surface area contributed by atoms with Gasteiger partial charge in [0, 0.05) is 17.6 Å². The maximum atomic E-state index is 4.26. The molecule has 0 bridgehead atoms. The van der Waals surface area contributed by atoms with Gasteiger partial charge in [0.2, 0.25) is 0 Å². The van der Waals surface area contributed by atoms with E-state index in [1.54, 1.807) is 6.20 Å². The van der Waals surface area contributed by atoms with Gasteiger partial charge in [0.1, 0.15) is 5.82 Å². The second-order valence-corrected chi connectivity index (χ2v) is 4.07. The monoisotopic (exact) mass is 265 g/mol. The molecule has 0 saturated heterocycles. The van der Waals surface area contributed by atoms with Crippen LogP contribution in [0.2, 0.25) is 0 Å². The summed E-state index contributed by atoms with van der Waals surface area (Å²) in [5, 5.41) is 7.36. The standard InChI is InChI=1S/C11H12BrN3/c1-13-11-6-7-14-15(11)8-9-4-2-3-5-10(9)12/h2-7,13H,8H2,1H3. The second kappa shape index (κ2) is 4.49. The van der Waals surface area contributed by atoms with Crippen molar-refractivity contribution in [2.24, 2.45) is 0 Å². The summed E-state index contributed by atoms with van der Waals surface area (Å²) < 4.78 is 3.04. The molecule has 15 heavy (non-hydrogen) atoms. The number of nitrogens with one attached hydrogen (secondary N) is 1. The van der Waals surface area contributed by atoms with Crippen molar-refractivity contribution in [2.75, 3.05) is 12.4 Å². The van der Waals surface area contributed by atoms with Gasteiger partial charge in [-0.3, -0.25) is 0 Å². The first-order valence-corrected chi connectivity index (χ1v) is 5.53. The van der Waals surface area contributed by atoms with Crippen molar-refractivity contribution < 1.29 is 0 Å². The fourth-order valence-electron chi connectivity index (χ4n) is 1.46. The van der Waals surface area contributed by atoms with Crippen LogP contribution in [-0.4, -0.2) is 16.8 Å². The van der Waals surface area contributed by atoms with Gasteiger partial charge in [0.15, 0.2) is 0 Å². The number of hydrogen-bond acceptors (Lipinski definition) is 2. The quantitative estimate of drug-likeness (QED) is 0.925. The maximum absolute atomic E-state index is 4.26. The van der Waals surface area contributed by atoms with Crippen LogP contribution in [0.25, 0.3) is 0 Å². The van der Waals surface area contributed by atoms with Gasteiger partial charge in [-0.05, 0) is 11.6 Å². The molecule has 0 aliphatic heterocycles. The highest BCUT2D eigenvalue weighted by Gasteiger charge is 2.03. The van der Waals surface area contributed by atoms with Gasteiger partial charge in [-0.1, -0.05) is 34.1 Å². The zero-order chi connectivity index (χ0) is 10.7. The SMILES string of the molecule is CNc1ccnn1Cc1ccccc1Br. The van der Waals surface area contributed by atoms with Gasteiger partial charge in [-0.15, -0.1) is 0 Å². The van der Waals surface area contributed by atoms with Crippen LogP contribution >= 0.6 is 15.9 Å². The Morgan fingerprint density at radius 2 is 2.13 bits per heavy atom. The summed E-state index contributed by atoms with van der Waals surface area (Å²) in [4.78, 5) is 0. The van der Waals surface area contributed by atoms with E-state index in [1.165, 1.54) is 5.56 Å². The molecule has 0 fully saturated rings. The highest BCUT2D eigenvalue weighted by molar-refractivity contribution is 9.10. The van der Waals surface area contributed by atoms with Crippen molar-refractivity contribution in [3.63, 3.8) is 0 Å². The topological polar surface area (TPSA) is 29.9 Å². The Bertz CT molecular complexity index is 451. The van der Waals surface area contributed by atoms with Crippen molar-refractivity contribution in [1.82, 2.24) is 9.78 Å². The van der Waals surface area contributed by atoms with Crippen molar-refractivity contribution in [3.05, 3.63) is 46.6 Å². The Labute approximate surface area is 97.2 Å². The molecule has 4 heteroatoms. The van der Waals surface area contributed by atoms with Crippen LogP contribution in [0.3, 0.4) is 0 Å². The molecule has 0 amide bonds. The van der Waals surface area contributed by atoms with Crippen LogP contribution in [0.15, 0.2) is 41.0 Å². The van der Waals surface area contributed by atoms with Gasteiger partial charge in [0.05, 0.1) is 12.7 Å². The summed E-state index contributed by atoms with van der Waals surface area (Å²) in [7, 11) is 1.90. The van der Waals surface area contributed by atoms with E-state index in [-0.39, 0.29) is 0 Å². The molecule has 1 aromatic heterocycles. The first kappa shape index (κ1) is 10.2. The summed E-state index contributed by atoms with van der Waals surface area (Å²) in [6, 6.07) is 10.1. The molecule has 0 saturated carbocycles. The van der Waals surface area contributed by atoms with E-state index in [0.29, 0.717) is 0 Å². The van der Waals surface area contributed by atoms with Gasteiger partial charge >= 0.3 is 0 Å². The summed E-state index contributed by atoms with van der Waals surface area (Å²) in [6.07, 6.45) is 1.79. The lowest BCUT2D eigenvalue weighted by Crippen LogP contribution is -2.06. The minimum atomic E-state index is 0.768. The summed E-state index contributed by atoms with van der Waals surface area (Å²) in [6.45, 7) is 0.768. The van der Waals surface area contributed by atoms with E-state index in [9.17, 15) is 0 Å². The largest absolute Gasteiger partial charge is 0.373 e. The number of rotatable bonds is 3. The van der Waals surface area contributed by atoms with Crippen LogP contribution in [0.5, 0.6) is 0 Å². The Morgan fingerprint density at radius 1 is 1.33 bits per heavy atom. The lowest BCUT2D eigenvalue weighted by molar-refractivity contribution is 0.692. The highest BCUT2D eigenvalue weighted by atomic mass is 79.9. The Kier molecular flexibility index (Phi) is 3.06. The Balaban J connectivity index is 2.26. The smallest absolute Gasteiger partial charge is 0.124 e. The molecule has 3 nitrogen and oxygen atoms in total. The molecule has 0 unspecified atom stereocenters. The van der Waals surface area contributed by atoms with Crippen LogP contribution in [0.1, 0.15) is 5.56 Å². The predicted octanol–water partition coefficient (Wildman–Crippen LogP) is 2.74. The number of nitrogens with zero attached hydrogens (tertiary/aromatic N) is 2. The van der Waals surface area contributed by atoms with Crippen LogP contribution in [0.4, 0.5) is 5.82 Å². The highest BCUT2D eigenvalue weighted by Crippen LogP contribution is 2.18. The minimum Gasteiger partial charge on any atom is -0.373 e. The molecule has 1 heterocycles. The van der Waals surface area contributed by atoms with Crippen LogP contribution in [0, 0.1) is 0 Å². The molecule has 0 atom stereocenters. The lowest BCUT2D eigenvalue weighted by atomic mass is 10.2. The number of aromatic nitrogens is 2. The van der Waals surface area contributed by atoms with Crippen LogP contribution in [-0.2, 0) is 6.54 Å². The maximum Gasteiger partial charge on any atom is 0.124 e. The Morgan fingerprint density at radius 3 is 2.87 bits per heavy atom. The first-order chi connectivity index (χ1) is 7.31. The van der Waals surface area contributed by atoms with E-state index in [4.69, 9.17) is 0 Å². The van der Waals surface area contributed by atoms with Crippen molar-refractivity contribution >= 4 is 21.7 Å². The third-order valence-corrected chi connectivity index (χ3v) is 3.02. The fourth-order valence-corrected chi connectivity index (χ4v) is 1.87. The molecular formula is C11H12BrN3. The van der Waals surface area contributed by atoms with Gasteiger partial charge < -0.3 is 5.32 Å². The van der Waals surface area contributed by atoms with E-state index in [2.05, 4.69) is 32.4 Å². The minimum absolute atomic E-state index is 0.768. The molecular weight excluding hydrogens is 254 g/mol. The predicted molar refractivity (Wildman–Crippen MR) is 65.0 cm³/mol. The lowest BCUT2D eigenvalue weighted by Gasteiger charge is -2.08. The molecule has 2 aromatic rings. The zero-order valence-corrected chi connectivity index (χ0v) is 10.0.